The quantitative estimate of drug-likeness (QED) is 0.653. The van der Waals surface area contributed by atoms with E-state index in [1.165, 1.54) is 26.1 Å². The van der Waals surface area contributed by atoms with E-state index in [-0.39, 0.29) is 5.91 Å². The molecule has 0 aromatic heterocycles. The second-order valence-corrected chi connectivity index (χ2v) is 5.18. The zero-order valence-corrected chi connectivity index (χ0v) is 11.1. The largest absolute Gasteiger partial charge is 0.368 e. The maximum absolute atomic E-state index is 12.3. The zero-order valence-electron chi connectivity index (χ0n) is 11.1. The Morgan fingerprint density at radius 2 is 2.06 bits per heavy atom. The van der Waals surface area contributed by atoms with E-state index in [1.807, 2.05) is 0 Å². The summed E-state index contributed by atoms with van der Waals surface area (Å²) >= 11 is 0. The third-order valence-corrected chi connectivity index (χ3v) is 4.35. The van der Waals surface area contributed by atoms with Crippen LogP contribution in [0.4, 0.5) is 4.79 Å². The smallest absolute Gasteiger partial charge is 0.328 e. The average Bonchev–Trinajstić information content (AvgIpc) is 2.61. The van der Waals surface area contributed by atoms with Crippen molar-refractivity contribution in [3.8, 4) is 0 Å². The summed E-state index contributed by atoms with van der Waals surface area (Å²) in [5, 5.41) is 10.9. The van der Waals surface area contributed by atoms with Gasteiger partial charge in [0.2, 0.25) is 5.91 Å². The van der Waals surface area contributed by atoms with Gasteiger partial charge in [0, 0.05) is 14.1 Å². The molecule has 102 valence electrons. The molecule has 0 bridgehead atoms. The summed E-state index contributed by atoms with van der Waals surface area (Å²) in [5.41, 5.74) is 0.102. The van der Waals surface area contributed by atoms with Gasteiger partial charge in [-0.3, -0.25) is 14.6 Å². The van der Waals surface area contributed by atoms with Crippen molar-refractivity contribution in [3.63, 3.8) is 0 Å². The number of imide groups is 1. The maximum Gasteiger partial charge on any atom is 0.328 e. The topological polar surface area (TPSA) is 82.1 Å². The number of hydrogen-bond acceptors (Lipinski definition) is 5. The van der Waals surface area contributed by atoms with E-state index in [0.29, 0.717) is 12.8 Å². The predicted molar refractivity (Wildman–Crippen MR) is 62.2 cm³/mol. The van der Waals surface area contributed by atoms with Crippen molar-refractivity contribution in [1.29, 1.82) is 0 Å². The Morgan fingerprint density at radius 3 is 2.61 bits per heavy atom. The number of hydrogen-bond donors (Lipinski definition) is 2. The highest BCUT2D eigenvalue weighted by atomic mass is 16.6. The molecule has 0 radical (unpaired) electrons. The van der Waals surface area contributed by atoms with Gasteiger partial charge in [-0.15, -0.1) is 0 Å². The van der Waals surface area contributed by atoms with Crippen molar-refractivity contribution in [1.82, 2.24) is 15.3 Å². The summed E-state index contributed by atoms with van der Waals surface area (Å²) < 4.78 is 0. The highest BCUT2D eigenvalue weighted by Gasteiger charge is 2.68. The molecule has 3 atom stereocenters. The number of carbonyl (C=O) groups is 2. The molecular formula is C11H19N3O4. The Bertz CT molecular complexity index is 402. The lowest BCUT2D eigenvalue weighted by Gasteiger charge is -2.52. The number of nitrogens with zero attached hydrogens (tertiary/aromatic N) is 2. The van der Waals surface area contributed by atoms with Crippen molar-refractivity contribution in [2.75, 3.05) is 21.2 Å². The fourth-order valence-corrected chi connectivity index (χ4v) is 3.18. The van der Waals surface area contributed by atoms with Crippen LogP contribution in [0.2, 0.25) is 0 Å². The zero-order chi connectivity index (χ0) is 13.7. The molecule has 7 nitrogen and oxygen atoms in total. The molecule has 1 unspecified atom stereocenters. The first-order chi connectivity index (χ1) is 8.30. The van der Waals surface area contributed by atoms with Crippen molar-refractivity contribution in [2.45, 2.75) is 31.5 Å². The molecular weight excluding hydrogens is 238 g/mol. The number of aliphatic hydroxyl groups is 1. The number of urea groups is 1. The van der Waals surface area contributed by atoms with Crippen LogP contribution in [0.15, 0.2) is 0 Å². The highest BCUT2D eigenvalue weighted by Crippen LogP contribution is 2.51. The summed E-state index contributed by atoms with van der Waals surface area (Å²) in [5.74, 6) is -0.353. The first-order valence-electron chi connectivity index (χ1n) is 5.87. The van der Waals surface area contributed by atoms with Crippen LogP contribution < -0.4 is 5.48 Å². The van der Waals surface area contributed by atoms with Gasteiger partial charge in [-0.2, -0.15) is 5.48 Å². The number of likely N-dealkylation sites (N-methyl/N-ethyl adjacent to an activating group) is 1. The number of hydroxylamine groups is 1. The van der Waals surface area contributed by atoms with Gasteiger partial charge in [-0.25, -0.2) is 4.79 Å². The molecule has 2 fully saturated rings. The van der Waals surface area contributed by atoms with Crippen LogP contribution in [0.25, 0.3) is 0 Å². The van der Waals surface area contributed by atoms with Gasteiger partial charge in [0.15, 0.2) is 5.72 Å². The lowest BCUT2D eigenvalue weighted by Crippen LogP contribution is -2.74. The Morgan fingerprint density at radius 1 is 1.44 bits per heavy atom. The van der Waals surface area contributed by atoms with Crippen molar-refractivity contribution in [3.05, 3.63) is 0 Å². The van der Waals surface area contributed by atoms with Crippen LogP contribution >= 0.6 is 0 Å². The second kappa shape index (κ2) is 3.91. The van der Waals surface area contributed by atoms with Crippen LogP contribution in [-0.2, 0) is 9.63 Å². The number of rotatable bonds is 2. The highest BCUT2D eigenvalue weighted by molar-refractivity contribution is 6.01. The molecule has 1 saturated heterocycles. The first kappa shape index (κ1) is 13.3. The Kier molecular flexibility index (Phi) is 2.88. The average molecular weight is 257 g/mol. The number of carbonyl (C=O) groups excluding carboxylic acids is 2. The summed E-state index contributed by atoms with van der Waals surface area (Å²) in [6, 6.07) is -0.996. The fraction of sp³-hybridized carbons (Fsp3) is 0.818. The standard InChI is InChI=1S/C11H19N3O4/c1-10-6-5-7(12-18-4)11(10,17)14(3)9(16)13(2)8(10)15/h7,12,17H,5-6H2,1-4H3/t7?,10-,11+/m1/s1. The van der Waals surface area contributed by atoms with E-state index < -0.39 is 23.2 Å². The van der Waals surface area contributed by atoms with Crippen LogP contribution in [0.3, 0.4) is 0 Å². The van der Waals surface area contributed by atoms with Gasteiger partial charge in [0.05, 0.1) is 18.6 Å². The summed E-state index contributed by atoms with van der Waals surface area (Å²) in [6.45, 7) is 1.69. The van der Waals surface area contributed by atoms with Crippen LogP contribution in [-0.4, -0.2) is 59.8 Å². The Hall–Kier alpha value is -1.18. The van der Waals surface area contributed by atoms with E-state index in [1.54, 1.807) is 6.92 Å². The van der Waals surface area contributed by atoms with Gasteiger partial charge in [-0.1, -0.05) is 0 Å². The molecule has 0 aromatic rings. The number of amides is 3. The molecule has 0 spiro atoms. The van der Waals surface area contributed by atoms with E-state index in [2.05, 4.69) is 5.48 Å². The minimum Gasteiger partial charge on any atom is -0.368 e. The third-order valence-electron chi connectivity index (χ3n) is 4.35. The predicted octanol–water partition coefficient (Wildman–Crippen LogP) is -0.481. The molecule has 7 heteroatoms. The van der Waals surface area contributed by atoms with Crippen molar-refractivity contribution < 1.29 is 19.5 Å². The molecule has 2 rings (SSSR count). The van der Waals surface area contributed by atoms with Gasteiger partial charge in [0.1, 0.15) is 0 Å². The van der Waals surface area contributed by atoms with E-state index in [4.69, 9.17) is 4.84 Å². The minimum absolute atomic E-state index is 0.353. The van der Waals surface area contributed by atoms with Crippen LogP contribution in [0, 0.1) is 5.41 Å². The van der Waals surface area contributed by atoms with Crippen molar-refractivity contribution in [2.24, 2.45) is 5.41 Å². The van der Waals surface area contributed by atoms with Gasteiger partial charge >= 0.3 is 6.03 Å². The summed E-state index contributed by atoms with van der Waals surface area (Å²) in [6.07, 6.45) is 1.04. The van der Waals surface area contributed by atoms with Crippen LogP contribution in [0.1, 0.15) is 19.8 Å². The van der Waals surface area contributed by atoms with E-state index in [0.717, 1.165) is 4.90 Å². The lowest BCUT2D eigenvalue weighted by atomic mass is 9.77. The molecule has 1 heterocycles. The Labute approximate surface area is 106 Å². The fourth-order valence-electron chi connectivity index (χ4n) is 3.18. The number of nitrogens with one attached hydrogen (secondary N) is 1. The monoisotopic (exact) mass is 257 g/mol. The molecule has 0 aromatic carbocycles. The van der Waals surface area contributed by atoms with Gasteiger partial charge in [-0.05, 0) is 19.8 Å². The first-order valence-corrected chi connectivity index (χ1v) is 5.87. The normalized spacial score (nSPS) is 40.4. The molecule has 2 aliphatic rings. The van der Waals surface area contributed by atoms with Gasteiger partial charge < -0.3 is 9.94 Å². The molecule has 2 N–H and O–H groups in total. The third kappa shape index (κ3) is 1.29. The molecule has 1 aliphatic heterocycles. The molecule has 1 aliphatic carbocycles. The molecule has 1 saturated carbocycles. The maximum atomic E-state index is 12.3. The minimum atomic E-state index is -1.57. The summed E-state index contributed by atoms with van der Waals surface area (Å²) in [4.78, 5) is 31.4. The van der Waals surface area contributed by atoms with E-state index >= 15 is 0 Å². The van der Waals surface area contributed by atoms with Crippen molar-refractivity contribution >= 4 is 11.9 Å². The van der Waals surface area contributed by atoms with Crippen LogP contribution in [0.5, 0.6) is 0 Å². The van der Waals surface area contributed by atoms with Gasteiger partial charge in [0.25, 0.3) is 0 Å². The summed E-state index contributed by atoms with van der Waals surface area (Å²) in [7, 11) is 4.37. The Balaban J connectivity index is 2.49. The number of fused-ring (bicyclic) bond motifs is 1. The SMILES string of the molecule is CONC1CC[C@]2(C)C(=O)N(C)C(=O)N(C)[C@]12O. The molecule has 3 amide bonds. The second-order valence-electron chi connectivity index (χ2n) is 5.18. The lowest BCUT2D eigenvalue weighted by molar-refractivity contribution is -0.202. The molecule has 18 heavy (non-hydrogen) atoms. The van der Waals surface area contributed by atoms with E-state index in [9.17, 15) is 14.7 Å².